The third kappa shape index (κ3) is 4.47. The van der Waals surface area contributed by atoms with Gasteiger partial charge in [-0.25, -0.2) is 0 Å². The Morgan fingerprint density at radius 3 is 1.69 bits per heavy atom. The second kappa shape index (κ2) is 6.96. The minimum Gasteiger partial charge on any atom is -0.0891 e. The Bertz CT molecular complexity index is 169. The van der Waals surface area contributed by atoms with Gasteiger partial charge in [0.2, 0.25) is 0 Å². The summed E-state index contributed by atoms with van der Waals surface area (Å²) in [5, 5.41) is 0. The summed E-state index contributed by atoms with van der Waals surface area (Å²) in [6, 6.07) is 0. The Hall–Kier alpha value is 1.21. The number of hydrogen-bond donors (Lipinski definition) is 0. The zero-order valence-corrected chi connectivity index (χ0v) is 13.9. The fourth-order valence-corrected chi connectivity index (χ4v) is 4.54. The summed E-state index contributed by atoms with van der Waals surface area (Å²) in [4.78, 5) is 0.832. The van der Waals surface area contributed by atoms with Gasteiger partial charge in [-0.3, -0.25) is 0 Å². The summed E-state index contributed by atoms with van der Waals surface area (Å²) in [6.07, 6.45) is 14.9. The third-order valence-corrected chi connectivity index (χ3v) is 6.70. The van der Waals surface area contributed by atoms with Crippen LogP contribution in [0.5, 0.6) is 0 Å². The van der Waals surface area contributed by atoms with Crippen LogP contribution in [0.1, 0.15) is 64.2 Å². The van der Waals surface area contributed by atoms with E-state index in [4.69, 9.17) is 0 Å². The first-order valence-electron chi connectivity index (χ1n) is 7.02. The van der Waals surface area contributed by atoms with Gasteiger partial charge in [0.25, 0.3) is 0 Å². The number of hydrogen-bond acceptors (Lipinski definition) is 0. The molecule has 2 heteroatoms. The predicted molar refractivity (Wildman–Crippen MR) is 83.7 cm³/mol. The van der Waals surface area contributed by atoms with Crippen LogP contribution in [0, 0.1) is 11.8 Å². The van der Waals surface area contributed by atoms with Crippen LogP contribution < -0.4 is 0 Å². The van der Waals surface area contributed by atoms with E-state index in [9.17, 15) is 0 Å². The van der Waals surface area contributed by atoms with Crippen LogP contribution in [-0.2, 0) is 0 Å². The van der Waals surface area contributed by atoms with Gasteiger partial charge in [0.1, 0.15) is 0 Å². The molecule has 0 spiro atoms. The Balaban J connectivity index is 1.60. The van der Waals surface area contributed by atoms with Gasteiger partial charge in [-0.2, -0.15) is 0 Å². The maximum Gasteiger partial charge on any atom is 0.0146 e. The average molecular weight is 399 g/mol. The minimum absolute atomic E-state index is 0.832. The van der Waals surface area contributed by atoms with Gasteiger partial charge in [-0.05, 0) is 63.2 Å². The highest BCUT2D eigenvalue weighted by molar-refractivity contribution is 14.1. The summed E-state index contributed by atoms with van der Waals surface area (Å²) >= 11 is 6.38. The molecule has 0 heterocycles. The minimum atomic E-state index is 0.832. The Morgan fingerprint density at radius 2 is 1.19 bits per heavy atom. The van der Waals surface area contributed by atoms with Crippen LogP contribution in [0.3, 0.4) is 0 Å². The molecule has 0 aliphatic heterocycles. The first-order valence-corrected chi connectivity index (χ1v) is 9.18. The Labute approximate surface area is 123 Å². The lowest BCUT2D eigenvalue weighted by Crippen LogP contribution is -2.17. The van der Waals surface area contributed by atoms with Crippen molar-refractivity contribution in [3.63, 3.8) is 0 Å². The van der Waals surface area contributed by atoms with Crippen LogP contribution in [0.25, 0.3) is 0 Å². The van der Waals surface area contributed by atoms with Gasteiger partial charge < -0.3 is 0 Å². The highest BCUT2D eigenvalue weighted by Gasteiger charge is 2.22. The average Bonchev–Trinajstić information content (AvgIpc) is 2.30. The van der Waals surface area contributed by atoms with Crippen LogP contribution in [0.15, 0.2) is 0 Å². The van der Waals surface area contributed by atoms with Crippen molar-refractivity contribution < 1.29 is 0 Å². The van der Waals surface area contributed by atoms with E-state index in [0.717, 1.165) is 20.6 Å². The molecule has 0 radical (unpaired) electrons. The van der Waals surface area contributed by atoms with E-state index in [-0.39, 0.29) is 0 Å². The van der Waals surface area contributed by atoms with Gasteiger partial charge in [-0.15, -0.1) is 0 Å². The largest absolute Gasteiger partial charge is 0.0891 e. The van der Waals surface area contributed by atoms with E-state index in [0.29, 0.717) is 0 Å². The lowest BCUT2D eigenvalue weighted by Gasteiger charge is -2.29. The van der Waals surface area contributed by atoms with E-state index < -0.39 is 0 Å². The van der Waals surface area contributed by atoms with Crippen molar-refractivity contribution in [2.75, 3.05) is 0 Å². The van der Waals surface area contributed by atoms with E-state index in [1.807, 2.05) is 0 Å². The van der Waals surface area contributed by atoms with Crippen LogP contribution >= 0.6 is 38.5 Å². The summed E-state index contributed by atoms with van der Waals surface area (Å²) in [7, 11) is 0. The van der Waals surface area contributed by atoms with Crippen molar-refractivity contribution in [1.29, 1.82) is 0 Å². The third-order valence-electron chi connectivity index (χ3n) is 4.54. The molecule has 2 aliphatic carbocycles. The summed E-state index contributed by atoms with van der Waals surface area (Å²) in [5.41, 5.74) is 0. The standard InChI is InChI=1S/C14H24BrI/c15-13-7-3-11(4-8-13)1-2-12-5-9-14(16)10-6-12/h11-14H,1-10H2. The van der Waals surface area contributed by atoms with Crippen molar-refractivity contribution in [2.24, 2.45) is 11.8 Å². The van der Waals surface area contributed by atoms with Crippen molar-refractivity contribution >= 4 is 38.5 Å². The molecule has 2 rings (SSSR count). The molecule has 0 aromatic carbocycles. The first kappa shape index (κ1) is 13.6. The van der Waals surface area contributed by atoms with Crippen LogP contribution in [0.2, 0.25) is 0 Å². The monoisotopic (exact) mass is 398 g/mol. The molecule has 0 saturated heterocycles. The SMILES string of the molecule is BrC1CCC(CCC2CCC(I)CC2)CC1. The molecule has 0 aromatic heterocycles. The highest BCUT2D eigenvalue weighted by Crippen LogP contribution is 2.36. The van der Waals surface area contributed by atoms with Gasteiger partial charge >= 0.3 is 0 Å². The fourth-order valence-electron chi connectivity index (χ4n) is 3.29. The summed E-state index contributed by atoms with van der Waals surface area (Å²) in [5.74, 6) is 2.14. The van der Waals surface area contributed by atoms with Crippen molar-refractivity contribution in [2.45, 2.75) is 73.0 Å². The Morgan fingerprint density at radius 1 is 0.750 bits per heavy atom. The summed E-state index contributed by atoms with van der Waals surface area (Å²) in [6.45, 7) is 0. The maximum atomic E-state index is 3.75. The smallest absolute Gasteiger partial charge is 0.0146 e. The van der Waals surface area contributed by atoms with E-state index in [1.165, 1.54) is 64.2 Å². The number of alkyl halides is 2. The molecule has 0 atom stereocenters. The second-order valence-corrected chi connectivity index (χ2v) is 8.87. The molecular formula is C14H24BrI. The quantitative estimate of drug-likeness (QED) is 0.421. The molecule has 2 aliphatic rings. The number of rotatable bonds is 3. The zero-order valence-electron chi connectivity index (χ0n) is 10.1. The molecule has 16 heavy (non-hydrogen) atoms. The van der Waals surface area contributed by atoms with E-state index in [2.05, 4.69) is 38.5 Å². The predicted octanol–water partition coefficient (Wildman–Crippen LogP) is 5.71. The zero-order chi connectivity index (χ0) is 11.4. The van der Waals surface area contributed by atoms with Crippen LogP contribution in [-0.4, -0.2) is 8.75 Å². The van der Waals surface area contributed by atoms with E-state index >= 15 is 0 Å². The topological polar surface area (TPSA) is 0 Å². The Kier molecular flexibility index (Phi) is 5.93. The molecule has 2 fully saturated rings. The molecule has 0 bridgehead atoms. The van der Waals surface area contributed by atoms with Crippen molar-refractivity contribution in [1.82, 2.24) is 0 Å². The normalized spacial score (nSPS) is 40.9. The van der Waals surface area contributed by atoms with Gasteiger partial charge in [0.15, 0.2) is 0 Å². The van der Waals surface area contributed by atoms with Gasteiger partial charge in [0.05, 0.1) is 0 Å². The molecule has 0 unspecified atom stereocenters. The van der Waals surface area contributed by atoms with Crippen LogP contribution in [0.4, 0.5) is 0 Å². The lowest BCUT2D eigenvalue weighted by atomic mass is 9.80. The molecule has 0 N–H and O–H groups in total. The van der Waals surface area contributed by atoms with Crippen molar-refractivity contribution in [3.8, 4) is 0 Å². The van der Waals surface area contributed by atoms with Gasteiger partial charge in [0, 0.05) is 8.75 Å². The molecule has 2 saturated carbocycles. The number of halogens is 2. The molecule has 94 valence electrons. The molecule has 0 nitrogen and oxygen atoms in total. The highest BCUT2D eigenvalue weighted by atomic mass is 127. The maximum absolute atomic E-state index is 3.75. The first-order chi connectivity index (χ1) is 7.74. The summed E-state index contributed by atoms with van der Waals surface area (Å²) < 4.78 is 0.984. The van der Waals surface area contributed by atoms with Gasteiger partial charge in [-0.1, -0.05) is 51.4 Å². The molecular weight excluding hydrogens is 375 g/mol. The lowest BCUT2D eigenvalue weighted by molar-refractivity contribution is 0.281. The van der Waals surface area contributed by atoms with E-state index in [1.54, 1.807) is 0 Å². The van der Waals surface area contributed by atoms with Crippen molar-refractivity contribution in [3.05, 3.63) is 0 Å². The molecule has 0 aromatic rings. The molecule has 0 amide bonds. The fraction of sp³-hybridized carbons (Fsp3) is 1.00. The second-order valence-electron chi connectivity index (χ2n) is 5.81.